The van der Waals surface area contributed by atoms with Crippen LogP contribution >= 0.6 is 22.9 Å². The minimum Gasteiger partial charge on any atom is -0.466 e. The third kappa shape index (κ3) is 5.28. The summed E-state index contributed by atoms with van der Waals surface area (Å²) in [6, 6.07) is 7.95. The molecule has 0 amide bonds. The standard InChI is InChI=1S/C17H20ClNO4S2/c1-3-23-17(20)8-10-19(12-16-13(2)9-11-24-16)25(21,22)15-6-4-14(18)5-7-15/h4-7,9,11H,3,8,10,12H2,1-2H3. The van der Waals surface area contributed by atoms with Crippen molar-refractivity contribution in [1.82, 2.24) is 4.31 Å². The summed E-state index contributed by atoms with van der Waals surface area (Å²) in [6.45, 7) is 4.20. The molecule has 5 nitrogen and oxygen atoms in total. The van der Waals surface area contributed by atoms with Gasteiger partial charge in [-0.3, -0.25) is 4.79 Å². The predicted molar refractivity (Wildman–Crippen MR) is 99.4 cm³/mol. The van der Waals surface area contributed by atoms with Crippen molar-refractivity contribution in [3.63, 3.8) is 0 Å². The Morgan fingerprint density at radius 3 is 2.48 bits per heavy atom. The van der Waals surface area contributed by atoms with Gasteiger partial charge in [0.25, 0.3) is 0 Å². The summed E-state index contributed by atoms with van der Waals surface area (Å²) in [5, 5.41) is 2.38. The van der Waals surface area contributed by atoms with Crippen LogP contribution in [0.15, 0.2) is 40.6 Å². The zero-order valence-corrected chi connectivity index (χ0v) is 16.5. The molecule has 0 atom stereocenters. The molecular formula is C17H20ClNO4S2. The molecule has 0 spiro atoms. The van der Waals surface area contributed by atoms with E-state index in [1.54, 1.807) is 6.92 Å². The van der Waals surface area contributed by atoms with E-state index in [-0.39, 0.29) is 31.0 Å². The number of aryl methyl sites for hydroxylation is 1. The van der Waals surface area contributed by atoms with E-state index in [1.807, 2.05) is 18.4 Å². The second kappa shape index (κ2) is 8.80. The van der Waals surface area contributed by atoms with Gasteiger partial charge in [-0.25, -0.2) is 8.42 Å². The van der Waals surface area contributed by atoms with E-state index >= 15 is 0 Å². The monoisotopic (exact) mass is 401 g/mol. The van der Waals surface area contributed by atoms with Crippen LogP contribution in [-0.4, -0.2) is 31.8 Å². The Bertz CT molecular complexity index is 815. The fourth-order valence-electron chi connectivity index (χ4n) is 2.22. The number of halogens is 1. The molecule has 136 valence electrons. The van der Waals surface area contributed by atoms with Gasteiger partial charge in [-0.1, -0.05) is 11.6 Å². The molecule has 2 aromatic rings. The smallest absolute Gasteiger partial charge is 0.307 e. The Hall–Kier alpha value is -1.41. The van der Waals surface area contributed by atoms with Crippen LogP contribution in [0.1, 0.15) is 23.8 Å². The average molecular weight is 402 g/mol. The summed E-state index contributed by atoms with van der Waals surface area (Å²) >= 11 is 7.34. The molecule has 0 saturated carbocycles. The highest BCUT2D eigenvalue weighted by Gasteiger charge is 2.26. The number of ether oxygens (including phenoxy) is 1. The van der Waals surface area contributed by atoms with Crippen molar-refractivity contribution in [1.29, 1.82) is 0 Å². The van der Waals surface area contributed by atoms with Gasteiger partial charge >= 0.3 is 5.97 Å². The zero-order chi connectivity index (χ0) is 18.4. The number of sulfonamides is 1. The van der Waals surface area contributed by atoms with Crippen LogP contribution in [-0.2, 0) is 26.1 Å². The number of benzene rings is 1. The van der Waals surface area contributed by atoms with Crippen molar-refractivity contribution in [2.24, 2.45) is 0 Å². The number of rotatable bonds is 8. The van der Waals surface area contributed by atoms with Gasteiger partial charge in [0.1, 0.15) is 0 Å². The van der Waals surface area contributed by atoms with Crippen LogP contribution in [0.25, 0.3) is 0 Å². The molecular weight excluding hydrogens is 382 g/mol. The van der Waals surface area contributed by atoms with Gasteiger partial charge in [-0.2, -0.15) is 4.31 Å². The molecule has 2 rings (SSSR count). The highest BCUT2D eigenvalue weighted by molar-refractivity contribution is 7.89. The van der Waals surface area contributed by atoms with Gasteiger partial charge in [-0.15, -0.1) is 11.3 Å². The largest absolute Gasteiger partial charge is 0.466 e. The Morgan fingerprint density at radius 1 is 1.24 bits per heavy atom. The second-order valence-corrected chi connectivity index (χ2v) is 8.75. The SMILES string of the molecule is CCOC(=O)CCN(Cc1sccc1C)S(=O)(=O)c1ccc(Cl)cc1. The molecule has 0 saturated heterocycles. The molecule has 0 aliphatic rings. The summed E-state index contributed by atoms with van der Waals surface area (Å²) in [5.41, 5.74) is 1.03. The summed E-state index contributed by atoms with van der Waals surface area (Å²) in [4.78, 5) is 12.8. The lowest BCUT2D eigenvalue weighted by Gasteiger charge is -2.22. The number of nitrogens with zero attached hydrogens (tertiary/aromatic N) is 1. The van der Waals surface area contributed by atoms with Gasteiger partial charge < -0.3 is 4.74 Å². The van der Waals surface area contributed by atoms with Crippen LogP contribution in [0.3, 0.4) is 0 Å². The van der Waals surface area contributed by atoms with Gasteiger partial charge in [-0.05, 0) is 55.1 Å². The molecule has 1 aromatic carbocycles. The van der Waals surface area contributed by atoms with Crippen molar-refractivity contribution in [2.45, 2.75) is 31.7 Å². The zero-order valence-electron chi connectivity index (χ0n) is 14.1. The first-order chi connectivity index (χ1) is 11.8. The Kier molecular flexibility index (Phi) is 7.01. The average Bonchev–Trinajstić information content (AvgIpc) is 2.97. The summed E-state index contributed by atoms with van der Waals surface area (Å²) in [5.74, 6) is -0.415. The molecule has 1 aromatic heterocycles. The van der Waals surface area contributed by atoms with E-state index in [2.05, 4.69) is 0 Å². The minimum atomic E-state index is -3.75. The van der Waals surface area contributed by atoms with Crippen molar-refractivity contribution in [3.8, 4) is 0 Å². The highest BCUT2D eigenvalue weighted by atomic mass is 35.5. The maximum Gasteiger partial charge on any atom is 0.307 e. The van der Waals surface area contributed by atoms with E-state index in [1.165, 1.54) is 39.9 Å². The third-order valence-corrected chi connectivity index (χ3v) is 6.73. The quantitative estimate of drug-likeness (QED) is 0.630. The lowest BCUT2D eigenvalue weighted by atomic mass is 10.3. The lowest BCUT2D eigenvalue weighted by molar-refractivity contribution is -0.143. The number of hydrogen-bond acceptors (Lipinski definition) is 5. The first-order valence-electron chi connectivity index (χ1n) is 7.79. The Morgan fingerprint density at radius 2 is 1.92 bits per heavy atom. The van der Waals surface area contributed by atoms with Crippen LogP contribution in [0.4, 0.5) is 0 Å². The first kappa shape index (κ1) is 19.9. The highest BCUT2D eigenvalue weighted by Crippen LogP contribution is 2.24. The van der Waals surface area contributed by atoms with Crippen molar-refractivity contribution in [3.05, 3.63) is 51.2 Å². The summed E-state index contributed by atoms with van der Waals surface area (Å²) < 4.78 is 32.2. The molecule has 1 heterocycles. The topological polar surface area (TPSA) is 63.7 Å². The molecule has 0 radical (unpaired) electrons. The molecule has 0 aliphatic carbocycles. The molecule has 8 heteroatoms. The third-order valence-electron chi connectivity index (χ3n) is 3.61. The normalized spacial score (nSPS) is 11.7. The number of carbonyl (C=O) groups is 1. The van der Waals surface area contributed by atoms with E-state index in [0.717, 1.165) is 10.4 Å². The number of hydrogen-bond donors (Lipinski definition) is 0. The summed E-state index contributed by atoms with van der Waals surface area (Å²) in [6.07, 6.45) is 0.00504. The van der Waals surface area contributed by atoms with E-state index < -0.39 is 16.0 Å². The van der Waals surface area contributed by atoms with Crippen molar-refractivity contribution < 1.29 is 17.9 Å². The second-order valence-electron chi connectivity index (χ2n) is 5.37. The van der Waals surface area contributed by atoms with Crippen molar-refractivity contribution in [2.75, 3.05) is 13.2 Å². The van der Waals surface area contributed by atoms with Gasteiger partial charge in [0.15, 0.2) is 0 Å². The number of thiophene rings is 1. The fourth-order valence-corrected chi connectivity index (χ4v) is 4.75. The van der Waals surface area contributed by atoms with Crippen LogP contribution in [0.5, 0.6) is 0 Å². The van der Waals surface area contributed by atoms with Crippen LogP contribution in [0.2, 0.25) is 5.02 Å². The Balaban J connectivity index is 2.27. The maximum atomic E-state index is 13.0. The Labute approximate surface area is 157 Å². The van der Waals surface area contributed by atoms with E-state index in [9.17, 15) is 13.2 Å². The lowest BCUT2D eigenvalue weighted by Crippen LogP contribution is -2.33. The number of esters is 1. The molecule has 0 N–H and O–H groups in total. The van der Waals surface area contributed by atoms with Crippen molar-refractivity contribution >= 4 is 38.9 Å². The van der Waals surface area contributed by atoms with Crippen LogP contribution in [0, 0.1) is 6.92 Å². The van der Waals surface area contributed by atoms with E-state index in [4.69, 9.17) is 16.3 Å². The number of carbonyl (C=O) groups excluding carboxylic acids is 1. The molecule has 25 heavy (non-hydrogen) atoms. The molecule has 0 aliphatic heterocycles. The van der Waals surface area contributed by atoms with Crippen LogP contribution < -0.4 is 0 Å². The maximum absolute atomic E-state index is 13.0. The predicted octanol–water partition coefficient (Wildman–Crippen LogP) is 3.85. The summed E-state index contributed by atoms with van der Waals surface area (Å²) in [7, 11) is -3.75. The molecule has 0 unspecified atom stereocenters. The van der Waals surface area contributed by atoms with E-state index in [0.29, 0.717) is 5.02 Å². The minimum absolute atomic E-state index is 0.00504. The fraction of sp³-hybridized carbons (Fsp3) is 0.353. The first-order valence-corrected chi connectivity index (χ1v) is 10.5. The molecule has 0 bridgehead atoms. The van der Waals surface area contributed by atoms with Gasteiger partial charge in [0.05, 0.1) is 17.9 Å². The van der Waals surface area contributed by atoms with Gasteiger partial charge in [0.2, 0.25) is 10.0 Å². The van der Waals surface area contributed by atoms with Gasteiger partial charge in [0, 0.05) is 23.0 Å². The molecule has 0 fully saturated rings.